The van der Waals surface area contributed by atoms with Crippen LogP contribution in [0.2, 0.25) is 0 Å². The lowest BCUT2D eigenvalue weighted by atomic mass is 10.1. The van der Waals surface area contributed by atoms with E-state index < -0.39 is 5.63 Å². The van der Waals surface area contributed by atoms with Gasteiger partial charge < -0.3 is 9.15 Å². The molecule has 0 bridgehead atoms. The number of hydrogen-bond acceptors (Lipinski definition) is 5. The van der Waals surface area contributed by atoms with Crippen LogP contribution in [0, 0.1) is 0 Å². The summed E-state index contributed by atoms with van der Waals surface area (Å²) < 4.78 is 12.2. The zero-order valence-corrected chi connectivity index (χ0v) is 13.4. The standard InChI is InChI=1S/C19H14N2O4/c1-24-13-6-7-14-12(8-19(23)25-18(14)9-13)11-21-16-5-3-2-4-15(16)17(22)10-20-21/h2-10H,11H2,1H3. The van der Waals surface area contributed by atoms with Crippen LogP contribution in [-0.4, -0.2) is 16.9 Å². The van der Waals surface area contributed by atoms with Gasteiger partial charge in [-0.05, 0) is 29.8 Å². The molecule has 0 saturated carbocycles. The van der Waals surface area contributed by atoms with E-state index in [-0.39, 0.29) is 5.43 Å². The molecule has 4 aromatic rings. The molecular formula is C19H14N2O4. The molecule has 4 rings (SSSR count). The number of hydrogen-bond donors (Lipinski definition) is 0. The molecule has 0 unspecified atom stereocenters. The second-order valence-corrected chi connectivity index (χ2v) is 5.64. The molecule has 25 heavy (non-hydrogen) atoms. The molecule has 0 radical (unpaired) electrons. The van der Waals surface area contributed by atoms with Gasteiger partial charge in [0.15, 0.2) is 0 Å². The van der Waals surface area contributed by atoms with Gasteiger partial charge in [0, 0.05) is 22.9 Å². The molecule has 2 aromatic heterocycles. The van der Waals surface area contributed by atoms with Crippen molar-refractivity contribution in [3.05, 3.63) is 80.9 Å². The van der Waals surface area contributed by atoms with E-state index in [1.165, 1.54) is 12.3 Å². The summed E-state index contributed by atoms with van der Waals surface area (Å²) in [6.45, 7) is 0.342. The number of methoxy groups -OCH3 is 1. The first kappa shape index (κ1) is 15.1. The third-order valence-electron chi connectivity index (χ3n) is 4.12. The highest BCUT2D eigenvalue weighted by Gasteiger charge is 2.10. The van der Waals surface area contributed by atoms with Crippen molar-refractivity contribution in [2.75, 3.05) is 7.11 Å². The predicted molar refractivity (Wildman–Crippen MR) is 94.1 cm³/mol. The molecule has 0 saturated heterocycles. The normalized spacial score (nSPS) is 11.1. The monoisotopic (exact) mass is 334 g/mol. The van der Waals surface area contributed by atoms with Crippen LogP contribution in [0.1, 0.15) is 5.56 Å². The summed E-state index contributed by atoms with van der Waals surface area (Å²) >= 11 is 0. The number of fused-ring (bicyclic) bond motifs is 2. The van der Waals surface area contributed by atoms with Gasteiger partial charge >= 0.3 is 5.63 Å². The minimum atomic E-state index is -0.443. The van der Waals surface area contributed by atoms with Crippen molar-refractivity contribution in [3.63, 3.8) is 0 Å². The van der Waals surface area contributed by atoms with E-state index in [4.69, 9.17) is 9.15 Å². The Morgan fingerprint density at radius 3 is 2.76 bits per heavy atom. The maximum Gasteiger partial charge on any atom is 0.336 e. The van der Waals surface area contributed by atoms with Crippen LogP contribution >= 0.6 is 0 Å². The van der Waals surface area contributed by atoms with Crippen LogP contribution in [0.25, 0.3) is 21.9 Å². The fourth-order valence-electron chi connectivity index (χ4n) is 2.92. The van der Waals surface area contributed by atoms with Crippen molar-refractivity contribution in [2.45, 2.75) is 6.54 Å². The Kier molecular flexibility index (Phi) is 3.57. The Hall–Kier alpha value is -3.41. The van der Waals surface area contributed by atoms with Crippen LogP contribution in [-0.2, 0) is 6.54 Å². The van der Waals surface area contributed by atoms with Crippen molar-refractivity contribution in [2.24, 2.45) is 0 Å². The van der Waals surface area contributed by atoms with Crippen LogP contribution in [0.15, 0.2) is 68.7 Å². The SMILES string of the molecule is COc1ccc2c(Cn3ncc(=O)c4ccccc43)cc(=O)oc2c1. The average molecular weight is 334 g/mol. The zero-order chi connectivity index (χ0) is 17.4. The van der Waals surface area contributed by atoms with Crippen LogP contribution in [0.5, 0.6) is 5.75 Å². The van der Waals surface area contributed by atoms with Gasteiger partial charge in [0.2, 0.25) is 5.43 Å². The molecule has 0 aliphatic heterocycles. The zero-order valence-electron chi connectivity index (χ0n) is 13.4. The van der Waals surface area contributed by atoms with Crippen molar-refractivity contribution in [1.82, 2.24) is 9.78 Å². The van der Waals surface area contributed by atoms with Gasteiger partial charge in [-0.15, -0.1) is 0 Å². The van der Waals surface area contributed by atoms with Gasteiger partial charge in [0.05, 0.1) is 25.4 Å². The molecule has 0 atom stereocenters. The third-order valence-corrected chi connectivity index (χ3v) is 4.12. The Morgan fingerprint density at radius 1 is 1.08 bits per heavy atom. The summed E-state index contributed by atoms with van der Waals surface area (Å²) in [5.74, 6) is 0.611. The lowest BCUT2D eigenvalue weighted by Crippen LogP contribution is -2.14. The van der Waals surface area contributed by atoms with Gasteiger partial charge in [-0.1, -0.05) is 12.1 Å². The Morgan fingerprint density at radius 2 is 1.92 bits per heavy atom. The third kappa shape index (κ3) is 2.67. The summed E-state index contributed by atoms with van der Waals surface area (Å²) in [7, 11) is 1.56. The van der Waals surface area contributed by atoms with E-state index in [1.807, 2.05) is 30.3 Å². The molecule has 2 aromatic carbocycles. The number of benzene rings is 2. The first-order valence-corrected chi connectivity index (χ1v) is 7.71. The van der Waals surface area contributed by atoms with Crippen LogP contribution in [0.3, 0.4) is 0 Å². The molecule has 0 amide bonds. The highest BCUT2D eigenvalue weighted by Crippen LogP contribution is 2.23. The molecular weight excluding hydrogens is 320 g/mol. The summed E-state index contributed by atoms with van der Waals surface area (Å²) in [6.07, 6.45) is 1.29. The minimum absolute atomic E-state index is 0.131. The molecule has 0 N–H and O–H groups in total. The number of rotatable bonds is 3. The van der Waals surface area contributed by atoms with Gasteiger partial charge in [0.25, 0.3) is 0 Å². The summed E-state index contributed by atoms with van der Waals surface area (Å²) in [5, 5.41) is 5.60. The van der Waals surface area contributed by atoms with Gasteiger partial charge in [-0.25, -0.2) is 4.79 Å². The fourth-order valence-corrected chi connectivity index (χ4v) is 2.92. The van der Waals surface area contributed by atoms with Crippen molar-refractivity contribution in [3.8, 4) is 5.75 Å². The molecule has 2 heterocycles. The first-order chi connectivity index (χ1) is 12.2. The van der Waals surface area contributed by atoms with E-state index in [0.29, 0.717) is 28.8 Å². The van der Waals surface area contributed by atoms with Gasteiger partial charge in [0.1, 0.15) is 11.3 Å². The average Bonchev–Trinajstić information content (AvgIpc) is 2.63. The molecule has 0 aliphatic rings. The maximum atomic E-state index is 12.0. The number of nitrogens with zero attached hydrogens (tertiary/aromatic N) is 2. The largest absolute Gasteiger partial charge is 0.497 e. The molecule has 0 fully saturated rings. The van der Waals surface area contributed by atoms with Gasteiger partial charge in [-0.2, -0.15) is 5.10 Å². The van der Waals surface area contributed by atoms with E-state index >= 15 is 0 Å². The van der Waals surface area contributed by atoms with Crippen molar-refractivity contribution >= 4 is 21.9 Å². The second-order valence-electron chi connectivity index (χ2n) is 5.64. The minimum Gasteiger partial charge on any atom is -0.497 e. The summed E-state index contributed by atoms with van der Waals surface area (Å²) in [5.41, 5.74) is 1.35. The number of aromatic nitrogens is 2. The highest BCUT2D eigenvalue weighted by molar-refractivity contribution is 5.82. The topological polar surface area (TPSA) is 74.3 Å². The smallest absolute Gasteiger partial charge is 0.336 e. The van der Waals surface area contributed by atoms with Crippen LogP contribution < -0.4 is 15.8 Å². The summed E-state index contributed by atoms with van der Waals surface area (Å²) in [6, 6.07) is 14.0. The Bertz CT molecular complexity index is 1210. The van der Waals surface area contributed by atoms with E-state index in [0.717, 1.165) is 10.9 Å². The Balaban J connectivity index is 1.91. The van der Waals surface area contributed by atoms with E-state index in [2.05, 4.69) is 5.10 Å². The number of para-hydroxylation sites is 1. The molecule has 6 nitrogen and oxygen atoms in total. The summed E-state index contributed by atoms with van der Waals surface area (Å²) in [4.78, 5) is 23.9. The van der Waals surface area contributed by atoms with Crippen molar-refractivity contribution < 1.29 is 9.15 Å². The van der Waals surface area contributed by atoms with Crippen LogP contribution in [0.4, 0.5) is 0 Å². The molecule has 0 aliphatic carbocycles. The van der Waals surface area contributed by atoms with E-state index in [9.17, 15) is 9.59 Å². The van der Waals surface area contributed by atoms with Crippen molar-refractivity contribution in [1.29, 1.82) is 0 Å². The maximum absolute atomic E-state index is 12.0. The van der Waals surface area contributed by atoms with E-state index in [1.54, 1.807) is 23.9 Å². The highest BCUT2D eigenvalue weighted by atomic mass is 16.5. The molecule has 6 heteroatoms. The number of ether oxygens (including phenoxy) is 1. The fraction of sp³-hybridized carbons (Fsp3) is 0.105. The lowest BCUT2D eigenvalue weighted by Gasteiger charge is -2.11. The Labute approximate surface area is 141 Å². The predicted octanol–water partition coefficient (Wildman–Crippen LogP) is 2.56. The van der Waals surface area contributed by atoms with Gasteiger partial charge in [-0.3, -0.25) is 9.48 Å². The first-order valence-electron chi connectivity index (χ1n) is 7.71. The molecule has 0 spiro atoms. The quantitative estimate of drug-likeness (QED) is 0.538. The molecule has 124 valence electrons. The second kappa shape index (κ2) is 5.90. The lowest BCUT2D eigenvalue weighted by molar-refractivity contribution is 0.414.